The van der Waals surface area contributed by atoms with Crippen molar-refractivity contribution in [2.24, 2.45) is 4.99 Å². The third-order valence-electron chi connectivity index (χ3n) is 4.10. The van der Waals surface area contributed by atoms with Gasteiger partial charge in [0.05, 0.1) is 24.8 Å². The second-order valence-corrected chi connectivity index (χ2v) is 6.48. The Kier molecular flexibility index (Phi) is 13.0. The van der Waals surface area contributed by atoms with E-state index in [1.54, 1.807) is 0 Å². The quantitative estimate of drug-likeness (QED) is 0.192. The second-order valence-electron chi connectivity index (χ2n) is 6.48. The summed E-state index contributed by atoms with van der Waals surface area (Å²) in [5.41, 5.74) is -0.802. The molecule has 1 aliphatic rings. The molecule has 2 N–H and O–H groups in total. The summed E-state index contributed by atoms with van der Waals surface area (Å²) in [4.78, 5) is 8.12. The molecule has 0 spiro atoms. The van der Waals surface area contributed by atoms with Crippen LogP contribution in [-0.4, -0.2) is 63.1 Å². The molecule has 0 amide bonds. The summed E-state index contributed by atoms with van der Waals surface area (Å²) in [6.45, 7) is 6.06. The minimum absolute atomic E-state index is 0. The maximum absolute atomic E-state index is 12.5. The Balaban J connectivity index is 0.00000450. The highest BCUT2D eigenvalue weighted by Crippen LogP contribution is 2.29. The highest BCUT2D eigenvalue weighted by Gasteiger charge is 2.30. The molecular weight excluding hydrogens is 516 g/mol. The second kappa shape index (κ2) is 14.6. The van der Waals surface area contributed by atoms with Gasteiger partial charge in [0.15, 0.2) is 5.96 Å². The van der Waals surface area contributed by atoms with Crippen LogP contribution in [0, 0.1) is 0 Å². The predicted octanol–water partition coefficient (Wildman–Crippen LogP) is 3.24. The van der Waals surface area contributed by atoms with Crippen LogP contribution in [0.25, 0.3) is 0 Å². The van der Waals surface area contributed by atoms with Gasteiger partial charge in [-0.05, 0) is 32.3 Å². The molecule has 1 atom stereocenters. The predicted molar refractivity (Wildman–Crippen MR) is 119 cm³/mol. The van der Waals surface area contributed by atoms with E-state index in [1.165, 1.54) is 6.07 Å². The average molecular weight is 546 g/mol. The van der Waals surface area contributed by atoms with Crippen molar-refractivity contribution in [2.75, 3.05) is 46.1 Å². The highest BCUT2D eigenvalue weighted by molar-refractivity contribution is 14.0. The Hall–Kier alpha value is -1.34. The average Bonchev–Trinajstić information content (AvgIpc) is 3.21. The maximum Gasteiger partial charge on any atom is 0.417 e. The van der Waals surface area contributed by atoms with Crippen LogP contribution in [0.4, 0.5) is 13.2 Å². The van der Waals surface area contributed by atoms with Crippen molar-refractivity contribution >= 4 is 29.9 Å². The van der Waals surface area contributed by atoms with Gasteiger partial charge in [-0.1, -0.05) is 0 Å². The third-order valence-corrected chi connectivity index (χ3v) is 4.10. The first-order valence-electron chi connectivity index (χ1n) is 9.86. The van der Waals surface area contributed by atoms with Crippen LogP contribution >= 0.6 is 24.0 Å². The number of aliphatic imine (C=N–C) groups is 1. The molecule has 1 saturated heterocycles. The monoisotopic (exact) mass is 546 g/mol. The summed E-state index contributed by atoms with van der Waals surface area (Å²) in [5.74, 6) is 0.792. The lowest BCUT2D eigenvalue weighted by Gasteiger charge is -2.12. The van der Waals surface area contributed by atoms with E-state index in [2.05, 4.69) is 20.6 Å². The molecule has 1 aromatic rings. The van der Waals surface area contributed by atoms with Crippen LogP contribution in [0.3, 0.4) is 0 Å². The fraction of sp³-hybridized carbons (Fsp3) is 0.684. The molecule has 7 nitrogen and oxygen atoms in total. The number of pyridine rings is 1. The van der Waals surface area contributed by atoms with Gasteiger partial charge in [0, 0.05) is 38.6 Å². The molecule has 2 heterocycles. The lowest BCUT2D eigenvalue weighted by atomic mass is 10.2. The van der Waals surface area contributed by atoms with Crippen molar-refractivity contribution < 1.29 is 27.4 Å². The van der Waals surface area contributed by atoms with Gasteiger partial charge >= 0.3 is 6.18 Å². The zero-order valence-corrected chi connectivity index (χ0v) is 19.4. The van der Waals surface area contributed by atoms with Crippen molar-refractivity contribution in [3.63, 3.8) is 0 Å². The smallest absolute Gasteiger partial charge is 0.417 e. The lowest BCUT2D eigenvalue weighted by Crippen LogP contribution is -2.39. The number of rotatable bonds is 11. The fourth-order valence-corrected chi connectivity index (χ4v) is 2.65. The van der Waals surface area contributed by atoms with Crippen molar-refractivity contribution in [1.82, 2.24) is 15.6 Å². The summed E-state index contributed by atoms with van der Waals surface area (Å²) in [6.07, 6.45) is -0.438. The minimum Gasteiger partial charge on any atom is -0.476 e. The maximum atomic E-state index is 12.5. The Labute approximate surface area is 192 Å². The van der Waals surface area contributed by atoms with Crippen molar-refractivity contribution in [2.45, 2.75) is 38.5 Å². The molecule has 0 aromatic carbocycles. The van der Waals surface area contributed by atoms with Crippen LogP contribution in [0.5, 0.6) is 5.88 Å². The van der Waals surface area contributed by atoms with Crippen LogP contribution in [0.15, 0.2) is 23.3 Å². The topological polar surface area (TPSA) is 77.0 Å². The molecule has 0 radical (unpaired) electrons. The van der Waals surface area contributed by atoms with Gasteiger partial charge < -0.3 is 24.8 Å². The fourth-order valence-electron chi connectivity index (χ4n) is 2.65. The lowest BCUT2D eigenvalue weighted by molar-refractivity contribution is -0.137. The molecule has 0 bridgehead atoms. The molecular formula is C19H30F3IN4O3. The molecule has 11 heteroatoms. The first kappa shape index (κ1) is 26.7. The van der Waals surface area contributed by atoms with E-state index in [0.717, 1.165) is 38.1 Å². The number of nitrogens with zero attached hydrogens (tertiary/aromatic N) is 2. The van der Waals surface area contributed by atoms with Crippen molar-refractivity contribution in [3.05, 3.63) is 23.9 Å². The number of halogens is 4. The van der Waals surface area contributed by atoms with Gasteiger partial charge in [0.2, 0.25) is 5.88 Å². The zero-order chi connectivity index (χ0) is 21.0. The normalized spacial score (nSPS) is 16.8. The summed E-state index contributed by atoms with van der Waals surface area (Å²) >= 11 is 0. The number of ether oxygens (including phenoxy) is 3. The van der Waals surface area contributed by atoms with E-state index in [1.807, 2.05) is 6.92 Å². The molecule has 1 aliphatic heterocycles. The number of aromatic nitrogens is 1. The minimum atomic E-state index is -4.40. The number of alkyl halides is 3. The Morgan fingerprint density at radius 1 is 1.30 bits per heavy atom. The van der Waals surface area contributed by atoms with E-state index < -0.39 is 11.7 Å². The largest absolute Gasteiger partial charge is 0.476 e. The SMILES string of the molecule is CCNC(=NCCCOCC1CCCO1)NCCOc1ccc(C(F)(F)F)cn1.I. The van der Waals surface area contributed by atoms with E-state index in [0.29, 0.717) is 38.8 Å². The van der Waals surface area contributed by atoms with Gasteiger partial charge in [-0.25, -0.2) is 4.98 Å². The van der Waals surface area contributed by atoms with E-state index in [-0.39, 0.29) is 42.6 Å². The first-order valence-corrected chi connectivity index (χ1v) is 9.86. The van der Waals surface area contributed by atoms with Gasteiger partial charge in [0.1, 0.15) is 6.61 Å². The molecule has 0 aliphatic carbocycles. The van der Waals surface area contributed by atoms with E-state index >= 15 is 0 Å². The Morgan fingerprint density at radius 3 is 2.77 bits per heavy atom. The molecule has 1 fully saturated rings. The van der Waals surface area contributed by atoms with Gasteiger partial charge in [-0.3, -0.25) is 4.99 Å². The number of hydrogen-bond donors (Lipinski definition) is 2. The summed E-state index contributed by atoms with van der Waals surface area (Å²) < 4.78 is 54.0. The van der Waals surface area contributed by atoms with Crippen LogP contribution < -0.4 is 15.4 Å². The molecule has 2 rings (SSSR count). The van der Waals surface area contributed by atoms with Crippen molar-refractivity contribution in [1.29, 1.82) is 0 Å². The summed E-state index contributed by atoms with van der Waals surface area (Å²) in [5, 5.41) is 6.23. The molecule has 1 aromatic heterocycles. The van der Waals surface area contributed by atoms with E-state index in [9.17, 15) is 13.2 Å². The zero-order valence-electron chi connectivity index (χ0n) is 17.0. The van der Waals surface area contributed by atoms with Gasteiger partial charge in [-0.2, -0.15) is 13.2 Å². The third kappa shape index (κ3) is 10.6. The highest BCUT2D eigenvalue weighted by atomic mass is 127. The molecule has 30 heavy (non-hydrogen) atoms. The molecule has 0 saturated carbocycles. The number of hydrogen-bond acceptors (Lipinski definition) is 5. The Bertz CT molecular complexity index is 612. The van der Waals surface area contributed by atoms with Crippen LogP contribution in [0.1, 0.15) is 31.7 Å². The van der Waals surface area contributed by atoms with Gasteiger partial charge in [-0.15, -0.1) is 24.0 Å². The van der Waals surface area contributed by atoms with Crippen LogP contribution in [-0.2, 0) is 15.7 Å². The first-order chi connectivity index (χ1) is 14.0. The summed E-state index contributed by atoms with van der Waals surface area (Å²) in [6, 6.07) is 2.15. The molecule has 172 valence electrons. The Morgan fingerprint density at radius 2 is 2.13 bits per heavy atom. The van der Waals surface area contributed by atoms with Crippen molar-refractivity contribution in [3.8, 4) is 5.88 Å². The number of nitrogens with one attached hydrogen (secondary N) is 2. The van der Waals surface area contributed by atoms with Gasteiger partial charge in [0.25, 0.3) is 0 Å². The van der Waals surface area contributed by atoms with Crippen LogP contribution in [0.2, 0.25) is 0 Å². The van der Waals surface area contributed by atoms with E-state index in [4.69, 9.17) is 14.2 Å². The summed E-state index contributed by atoms with van der Waals surface area (Å²) in [7, 11) is 0. The number of guanidine groups is 1. The molecule has 1 unspecified atom stereocenters. The standard InChI is InChI=1S/C19H29F3N4O3.HI/c1-2-23-18(24-8-4-10-27-14-16-5-3-11-28-16)25-9-12-29-17-7-6-15(13-26-17)19(20,21)22;/h6-7,13,16H,2-5,8-12,14H2,1H3,(H2,23,24,25);1H.